The minimum absolute atomic E-state index is 0. The van der Waals surface area contributed by atoms with E-state index in [4.69, 9.17) is 0 Å². The van der Waals surface area contributed by atoms with E-state index in [2.05, 4.69) is 114 Å². The molecule has 0 aliphatic rings. The average molecular weight is 409 g/mol. The van der Waals surface area contributed by atoms with Gasteiger partial charge in [-0.2, -0.15) is 0 Å². The zero-order valence-electron chi connectivity index (χ0n) is 20.6. The molecule has 0 heteroatoms. The lowest BCUT2D eigenvalue weighted by molar-refractivity contribution is 0.412. The molecule has 30 heavy (non-hydrogen) atoms. The van der Waals surface area contributed by atoms with Crippen molar-refractivity contribution in [1.29, 1.82) is 0 Å². The van der Waals surface area contributed by atoms with Gasteiger partial charge < -0.3 is 0 Å². The SMILES string of the molecule is C.CC.CC.CC(C)(C)Cc1cccc2ccccc12.CC(C)(C)c1ccccc1. The summed E-state index contributed by atoms with van der Waals surface area (Å²) in [5, 5.41) is 2.74. The van der Waals surface area contributed by atoms with Gasteiger partial charge in [-0.3, -0.25) is 0 Å². The Balaban J connectivity index is 0. The van der Waals surface area contributed by atoms with Gasteiger partial charge in [-0.25, -0.2) is 0 Å². The van der Waals surface area contributed by atoms with Crippen LogP contribution < -0.4 is 0 Å². The van der Waals surface area contributed by atoms with Crippen molar-refractivity contribution >= 4 is 10.8 Å². The zero-order valence-corrected chi connectivity index (χ0v) is 20.6. The first-order valence-electron chi connectivity index (χ1n) is 11.2. The van der Waals surface area contributed by atoms with Crippen LogP contribution in [0.1, 0.15) is 87.8 Å². The van der Waals surface area contributed by atoms with Crippen LogP contribution in [0.15, 0.2) is 72.8 Å². The molecule has 0 amide bonds. The van der Waals surface area contributed by atoms with E-state index in [-0.39, 0.29) is 7.43 Å². The van der Waals surface area contributed by atoms with Gasteiger partial charge in [-0.05, 0) is 39.2 Å². The summed E-state index contributed by atoms with van der Waals surface area (Å²) < 4.78 is 0. The molecule has 0 aliphatic heterocycles. The zero-order chi connectivity index (χ0) is 22.5. The Hall–Kier alpha value is -2.08. The molecule has 0 spiro atoms. The Labute approximate surface area is 188 Å². The maximum atomic E-state index is 2.29. The molecule has 0 saturated carbocycles. The predicted octanol–water partition coefficient (Wildman–Crippen LogP) is 10.1. The van der Waals surface area contributed by atoms with Crippen LogP contribution in [0.3, 0.4) is 0 Å². The fraction of sp³-hybridized carbons (Fsp3) is 0.467. The van der Waals surface area contributed by atoms with Gasteiger partial charge in [0.25, 0.3) is 0 Å². The van der Waals surface area contributed by atoms with Crippen molar-refractivity contribution in [3.63, 3.8) is 0 Å². The number of hydrogen-bond acceptors (Lipinski definition) is 0. The summed E-state index contributed by atoms with van der Waals surface area (Å²) in [4.78, 5) is 0. The second kappa shape index (κ2) is 14.8. The van der Waals surface area contributed by atoms with E-state index in [1.54, 1.807) is 0 Å². The lowest BCUT2D eigenvalue weighted by atomic mass is 9.86. The van der Waals surface area contributed by atoms with Crippen molar-refractivity contribution in [2.24, 2.45) is 5.41 Å². The normalized spacial score (nSPS) is 10.2. The number of fused-ring (bicyclic) bond motifs is 1. The van der Waals surface area contributed by atoms with E-state index in [1.807, 2.05) is 27.7 Å². The van der Waals surface area contributed by atoms with E-state index in [1.165, 1.54) is 21.9 Å². The number of rotatable bonds is 1. The van der Waals surface area contributed by atoms with Crippen molar-refractivity contribution in [1.82, 2.24) is 0 Å². The molecule has 0 radical (unpaired) electrons. The quantitative estimate of drug-likeness (QED) is 0.375. The molecule has 3 rings (SSSR count). The van der Waals surface area contributed by atoms with E-state index in [0.29, 0.717) is 10.8 Å². The summed E-state index contributed by atoms with van der Waals surface area (Å²) in [5.74, 6) is 0. The second-order valence-electron chi connectivity index (χ2n) is 8.99. The Bertz CT molecular complexity index is 778. The molecule has 0 saturated heterocycles. The highest BCUT2D eigenvalue weighted by molar-refractivity contribution is 5.85. The van der Waals surface area contributed by atoms with Crippen molar-refractivity contribution in [2.75, 3.05) is 0 Å². The van der Waals surface area contributed by atoms with E-state index < -0.39 is 0 Å². The third-order valence-corrected chi connectivity index (χ3v) is 4.24. The van der Waals surface area contributed by atoms with Crippen LogP contribution in [0.25, 0.3) is 10.8 Å². The Morgan fingerprint density at radius 2 is 1.03 bits per heavy atom. The first kappa shape index (κ1) is 30.1. The Morgan fingerprint density at radius 1 is 0.567 bits per heavy atom. The standard InChI is InChI=1S/C15H18.C10H14.2C2H6.CH4/c1-15(2,3)11-13-9-6-8-12-7-4-5-10-14(12)13;1-10(2,3)9-7-5-4-6-8-9;2*1-2;/h4-10H,11H2,1-3H3;4-8H,1-3H3;2*1-2H3;1H4. The Kier molecular flexibility index (Phi) is 14.9. The number of benzene rings is 3. The monoisotopic (exact) mass is 408 g/mol. The summed E-state index contributed by atoms with van der Waals surface area (Å²) in [6.45, 7) is 21.5. The van der Waals surface area contributed by atoms with Crippen LogP contribution in [-0.2, 0) is 11.8 Å². The molecular formula is C30H48. The van der Waals surface area contributed by atoms with Crippen LogP contribution in [0.2, 0.25) is 0 Å². The topological polar surface area (TPSA) is 0 Å². The van der Waals surface area contributed by atoms with Crippen molar-refractivity contribution in [2.45, 2.75) is 88.5 Å². The molecule has 168 valence electrons. The Morgan fingerprint density at radius 3 is 1.50 bits per heavy atom. The van der Waals surface area contributed by atoms with Gasteiger partial charge in [0.05, 0.1) is 0 Å². The molecule has 0 nitrogen and oxygen atoms in total. The molecule has 0 unspecified atom stereocenters. The predicted molar refractivity (Wildman–Crippen MR) is 142 cm³/mol. The lowest BCUT2D eigenvalue weighted by Gasteiger charge is -2.19. The molecule has 0 heterocycles. The summed E-state index contributed by atoms with van der Waals surface area (Å²) in [5.41, 5.74) is 3.50. The highest BCUT2D eigenvalue weighted by Gasteiger charge is 2.13. The van der Waals surface area contributed by atoms with E-state index in [9.17, 15) is 0 Å². The van der Waals surface area contributed by atoms with Crippen LogP contribution in [0.4, 0.5) is 0 Å². The second-order valence-corrected chi connectivity index (χ2v) is 8.99. The maximum absolute atomic E-state index is 2.29. The largest absolute Gasteiger partial charge is 0.0776 e. The fourth-order valence-corrected chi connectivity index (χ4v) is 2.96. The van der Waals surface area contributed by atoms with Crippen molar-refractivity contribution in [3.8, 4) is 0 Å². The molecule has 0 bridgehead atoms. The van der Waals surface area contributed by atoms with Gasteiger partial charge in [0, 0.05) is 0 Å². The van der Waals surface area contributed by atoms with Gasteiger partial charge in [0.15, 0.2) is 0 Å². The third kappa shape index (κ3) is 11.2. The molecule has 0 aliphatic carbocycles. The van der Waals surface area contributed by atoms with Gasteiger partial charge in [-0.1, -0.05) is 149 Å². The average Bonchev–Trinajstić information content (AvgIpc) is 2.71. The molecular weight excluding hydrogens is 360 g/mol. The minimum Gasteiger partial charge on any atom is -0.0776 e. The first-order chi connectivity index (χ1) is 13.7. The molecule has 0 aromatic heterocycles. The van der Waals surface area contributed by atoms with Gasteiger partial charge >= 0.3 is 0 Å². The fourth-order valence-electron chi connectivity index (χ4n) is 2.96. The summed E-state index contributed by atoms with van der Waals surface area (Å²) in [6, 6.07) is 25.8. The third-order valence-electron chi connectivity index (χ3n) is 4.24. The highest BCUT2D eigenvalue weighted by Crippen LogP contribution is 2.26. The summed E-state index contributed by atoms with van der Waals surface area (Å²) in [6.07, 6.45) is 1.13. The van der Waals surface area contributed by atoms with Gasteiger partial charge in [0.2, 0.25) is 0 Å². The molecule has 0 fully saturated rings. The highest BCUT2D eigenvalue weighted by atomic mass is 14.2. The van der Waals surface area contributed by atoms with E-state index in [0.717, 1.165) is 6.42 Å². The number of hydrogen-bond donors (Lipinski definition) is 0. The van der Waals surface area contributed by atoms with Crippen LogP contribution in [-0.4, -0.2) is 0 Å². The molecule has 0 N–H and O–H groups in total. The molecule has 0 atom stereocenters. The van der Waals surface area contributed by atoms with Crippen LogP contribution >= 0.6 is 0 Å². The van der Waals surface area contributed by atoms with E-state index >= 15 is 0 Å². The van der Waals surface area contributed by atoms with Gasteiger partial charge in [-0.15, -0.1) is 0 Å². The van der Waals surface area contributed by atoms with Crippen LogP contribution in [0.5, 0.6) is 0 Å². The molecule has 3 aromatic carbocycles. The van der Waals surface area contributed by atoms with Crippen molar-refractivity contribution in [3.05, 3.63) is 83.9 Å². The smallest absolute Gasteiger partial charge is 0.0132 e. The lowest BCUT2D eigenvalue weighted by Crippen LogP contribution is -2.10. The van der Waals surface area contributed by atoms with Crippen molar-refractivity contribution < 1.29 is 0 Å². The summed E-state index contributed by atoms with van der Waals surface area (Å²) >= 11 is 0. The van der Waals surface area contributed by atoms with Crippen LogP contribution in [0, 0.1) is 5.41 Å². The maximum Gasteiger partial charge on any atom is -0.0132 e. The van der Waals surface area contributed by atoms with Gasteiger partial charge in [0.1, 0.15) is 0 Å². The minimum atomic E-state index is 0. The first-order valence-corrected chi connectivity index (χ1v) is 11.2. The summed E-state index contributed by atoms with van der Waals surface area (Å²) in [7, 11) is 0. The molecule has 3 aromatic rings.